The molecule has 300 valence electrons. The molecule has 0 radical (unpaired) electrons. The number of tetrazole rings is 1. The highest BCUT2D eigenvalue weighted by Gasteiger charge is 2.63. The zero-order valence-corrected chi connectivity index (χ0v) is 34.0. The predicted molar refractivity (Wildman–Crippen MR) is 216 cm³/mol. The van der Waals surface area contributed by atoms with Crippen LogP contribution in [0.4, 0.5) is 10.5 Å². The standard InChI is InChI=1S/C43H50ClN7O6/c1-42(2,3)56-40(54)30-12-16-34(17-13-30)47-39(53)38-35(29-10-8-7-9-11-29)25-32(28-20-22-45-23-21-28)26-51(38,41(55)57-43(4,5)6)37(52)19-14-31-24-33(44)15-18-36(31)50-27-46-48-49-50/h7-19,24,27-28,32,35,38,45H,20-23,25-26H2,1-6H3/p+1/b19-14+. The van der Waals surface area contributed by atoms with E-state index in [4.69, 9.17) is 21.1 Å². The molecule has 4 atom stereocenters. The van der Waals surface area contributed by atoms with E-state index in [0.29, 0.717) is 33.9 Å². The Morgan fingerprint density at radius 3 is 2.21 bits per heavy atom. The highest BCUT2D eigenvalue weighted by Crippen LogP contribution is 2.46. The molecule has 6 rings (SSSR count). The van der Waals surface area contributed by atoms with Gasteiger partial charge in [-0.2, -0.15) is 9.48 Å². The largest absolute Gasteiger partial charge is 0.525 e. The van der Waals surface area contributed by atoms with Gasteiger partial charge < -0.3 is 20.1 Å². The van der Waals surface area contributed by atoms with E-state index in [1.165, 1.54) is 17.1 Å². The number of halogens is 1. The molecule has 2 fully saturated rings. The summed E-state index contributed by atoms with van der Waals surface area (Å²) >= 11 is 6.44. The number of aromatic nitrogens is 4. The Hall–Kier alpha value is -5.24. The zero-order valence-electron chi connectivity index (χ0n) is 33.3. The molecule has 0 aliphatic carbocycles. The van der Waals surface area contributed by atoms with Crippen LogP contribution in [0, 0.1) is 11.8 Å². The maximum atomic E-state index is 15.4. The number of benzene rings is 3. The Balaban J connectivity index is 1.49. The maximum Gasteiger partial charge on any atom is 0.525 e. The van der Waals surface area contributed by atoms with Gasteiger partial charge in [0.15, 0.2) is 6.04 Å². The molecule has 1 aromatic heterocycles. The van der Waals surface area contributed by atoms with E-state index in [1.807, 2.05) is 30.3 Å². The summed E-state index contributed by atoms with van der Waals surface area (Å²) in [7, 11) is 0. The van der Waals surface area contributed by atoms with E-state index >= 15 is 14.4 Å². The van der Waals surface area contributed by atoms with Gasteiger partial charge in [0.25, 0.3) is 5.91 Å². The van der Waals surface area contributed by atoms with Crippen molar-refractivity contribution in [2.24, 2.45) is 11.8 Å². The number of amides is 3. The summed E-state index contributed by atoms with van der Waals surface area (Å²) in [4.78, 5) is 58.4. The third kappa shape index (κ3) is 9.84. The number of ether oxygens (including phenoxy) is 2. The maximum absolute atomic E-state index is 15.4. The van der Waals surface area contributed by atoms with Crippen molar-refractivity contribution >= 4 is 47.2 Å². The van der Waals surface area contributed by atoms with Crippen LogP contribution in [0.2, 0.25) is 5.02 Å². The number of carbonyl (C=O) groups excluding carboxylic acids is 4. The van der Waals surface area contributed by atoms with Crippen LogP contribution in [0.1, 0.15) is 88.2 Å². The van der Waals surface area contributed by atoms with E-state index in [9.17, 15) is 4.79 Å². The summed E-state index contributed by atoms with van der Waals surface area (Å²) in [6, 6.07) is 19.8. The molecule has 2 saturated heterocycles. The van der Waals surface area contributed by atoms with E-state index in [2.05, 4.69) is 26.2 Å². The molecule has 57 heavy (non-hydrogen) atoms. The van der Waals surface area contributed by atoms with Crippen LogP contribution >= 0.6 is 11.6 Å². The predicted octanol–water partition coefficient (Wildman–Crippen LogP) is 7.37. The number of imide groups is 1. The minimum absolute atomic E-state index is 0.0527. The SMILES string of the molecule is CC(C)(C)OC(=O)c1ccc(NC(=O)C2C(c3ccccc3)CC(C3CCNCC3)C[N+]2(C(=O)/C=C/c2cc(Cl)ccc2-n2cnnn2)C(=O)OC(C)(C)C)cc1. The van der Waals surface area contributed by atoms with E-state index in [0.717, 1.165) is 31.5 Å². The zero-order chi connectivity index (χ0) is 41.0. The average Bonchev–Trinajstić information content (AvgIpc) is 3.71. The summed E-state index contributed by atoms with van der Waals surface area (Å²) in [5.74, 6) is -2.13. The Morgan fingerprint density at radius 2 is 1.58 bits per heavy atom. The van der Waals surface area contributed by atoms with Crippen molar-refractivity contribution < 1.29 is 33.1 Å². The number of esters is 1. The lowest BCUT2D eigenvalue weighted by molar-refractivity contribution is -0.811. The normalized spacial score (nSPS) is 21.8. The number of nitrogens with one attached hydrogen (secondary N) is 2. The van der Waals surface area contributed by atoms with Crippen LogP contribution < -0.4 is 10.6 Å². The van der Waals surface area contributed by atoms with Gasteiger partial charge in [-0.05, 0) is 144 Å². The number of anilines is 1. The fraction of sp³-hybridized carbons (Fsp3) is 0.419. The highest BCUT2D eigenvalue weighted by molar-refractivity contribution is 6.30. The van der Waals surface area contributed by atoms with Crippen molar-refractivity contribution in [2.45, 2.75) is 84.0 Å². The molecule has 0 spiro atoms. The summed E-state index contributed by atoms with van der Waals surface area (Å²) in [6.45, 7) is 12.3. The second kappa shape index (κ2) is 17.1. The number of piperidine rings is 2. The van der Waals surface area contributed by atoms with Crippen molar-refractivity contribution in [3.63, 3.8) is 0 Å². The molecule has 2 aliphatic rings. The summed E-state index contributed by atoms with van der Waals surface area (Å²) in [6.07, 6.45) is 5.83. The first-order valence-corrected chi connectivity index (χ1v) is 19.7. The van der Waals surface area contributed by atoms with Gasteiger partial charge in [-0.3, -0.25) is 4.79 Å². The first-order valence-electron chi connectivity index (χ1n) is 19.3. The van der Waals surface area contributed by atoms with Gasteiger partial charge in [-0.1, -0.05) is 41.9 Å². The lowest BCUT2D eigenvalue weighted by atomic mass is 9.70. The molecule has 14 heteroatoms. The number of hydrogen-bond donors (Lipinski definition) is 2. The van der Waals surface area contributed by atoms with Crippen molar-refractivity contribution in [2.75, 3.05) is 25.0 Å². The summed E-state index contributed by atoms with van der Waals surface area (Å²) in [5, 5.41) is 18.4. The fourth-order valence-corrected chi connectivity index (χ4v) is 8.08. The third-order valence-corrected chi connectivity index (χ3v) is 10.6. The van der Waals surface area contributed by atoms with Crippen molar-refractivity contribution in [1.29, 1.82) is 0 Å². The van der Waals surface area contributed by atoms with Gasteiger partial charge in [-0.25, -0.2) is 9.59 Å². The molecule has 0 bridgehead atoms. The first kappa shape index (κ1) is 41.4. The van der Waals surface area contributed by atoms with Crippen molar-refractivity contribution in [3.8, 4) is 5.69 Å². The van der Waals surface area contributed by atoms with Crippen LogP contribution in [-0.2, 0) is 19.1 Å². The lowest BCUT2D eigenvalue weighted by Gasteiger charge is -2.49. The lowest BCUT2D eigenvalue weighted by Crippen LogP contribution is -2.72. The second-order valence-electron chi connectivity index (χ2n) is 16.8. The van der Waals surface area contributed by atoms with Crippen LogP contribution in [-0.4, -0.2) is 85.4 Å². The second-order valence-corrected chi connectivity index (χ2v) is 17.2. The van der Waals surface area contributed by atoms with E-state index < -0.39 is 51.5 Å². The quantitative estimate of drug-likeness (QED) is 0.105. The number of nitrogens with zero attached hydrogens (tertiary/aromatic N) is 5. The van der Waals surface area contributed by atoms with Crippen molar-refractivity contribution in [1.82, 2.24) is 25.5 Å². The number of likely N-dealkylation sites (tertiary alicyclic amines) is 1. The van der Waals surface area contributed by atoms with Crippen LogP contribution in [0.15, 0.2) is 85.2 Å². The Labute approximate surface area is 338 Å². The molecule has 2 N–H and O–H groups in total. The van der Waals surface area contributed by atoms with Gasteiger partial charge in [-0.15, -0.1) is 9.58 Å². The molecule has 13 nitrogen and oxygen atoms in total. The summed E-state index contributed by atoms with van der Waals surface area (Å²) < 4.78 is 12.2. The van der Waals surface area contributed by atoms with E-state index in [1.54, 1.807) is 90.1 Å². The molecule has 4 aromatic rings. The van der Waals surface area contributed by atoms with Crippen molar-refractivity contribution in [3.05, 3.63) is 107 Å². The molecule has 2 aliphatic heterocycles. The third-order valence-electron chi connectivity index (χ3n) is 10.4. The average molecular weight is 797 g/mol. The van der Waals surface area contributed by atoms with Crippen LogP contribution in [0.25, 0.3) is 11.8 Å². The van der Waals surface area contributed by atoms with Gasteiger partial charge >= 0.3 is 18.0 Å². The van der Waals surface area contributed by atoms with Crippen LogP contribution in [0.5, 0.6) is 0 Å². The van der Waals surface area contributed by atoms with Gasteiger partial charge in [0.05, 0.1) is 11.3 Å². The van der Waals surface area contributed by atoms with Gasteiger partial charge in [0.2, 0.25) is 0 Å². The Kier molecular flexibility index (Phi) is 12.4. The fourth-order valence-electron chi connectivity index (χ4n) is 7.90. The highest BCUT2D eigenvalue weighted by atomic mass is 35.5. The minimum Gasteiger partial charge on any atom is -0.456 e. The molecule has 4 unspecified atom stereocenters. The summed E-state index contributed by atoms with van der Waals surface area (Å²) in [5.41, 5.74) is 0.918. The topological polar surface area (TPSA) is 154 Å². The Bertz CT molecular complexity index is 2090. The number of hydrogen-bond acceptors (Lipinski definition) is 10. The number of carbonyl (C=O) groups is 4. The molecule has 0 saturated carbocycles. The molecule has 3 amide bonds. The first-order chi connectivity index (χ1) is 27.0. The smallest absolute Gasteiger partial charge is 0.456 e. The minimum atomic E-state index is -1.25. The molecular weight excluding hydrogens is 746 g/mol. The Morgan fingerprint density at radius 1 is 0.895 bits per heavy atom. The number of rotatable bonds is 8. The van der Waals surface area contributed by atoms with Gasteiger partial charge in [0.1, 0.15) is 24.1 Å². The van der Waals surface area contributed by atoms with E-state index in [-0.39, 0.29) is 18.4 Å². The molecule has 3 heterocycles. The monoisotopic (exact) mass is 796 g/mol. The molecular formula is C43H51ClN7O6+. The molecule has 3 aromatic carbocycles. The number of quaternary nitrogens is 1. The van der Waals surface area contributed by atoms with Crippen LogP contribution in [0.3, 0.4) is 0 Å². The van der Waals surface area contributed by atoms with Gasteiger partial charge in [0, 0.05) is 34.2 Å².